The zero-order chi connectivity index (χ0) is 17.0. The molecule has 0 aliphatic carbocycles. The molecule has 0 unspecified atom stereocenters. The third-order valence-electron chi connectivity index (χ3n) is 3.85. The van der Waals surface area contributed by atoms with Crippen LogP contribution in [0.4, 0.5) is 0 Å². The van der Waals surface area contributed by atoms with Crippen molar-refractivity contribution in [3.8, 4) is 5.75 Å². The van der Waals surface area contributed by atoms with Crippen molar-refractivity contribution in [3.63, 3.8) is 0 Å². The standard InChI is InChI=1S/C18H23NO3S/c1-14-6-5-7-17(12-14)22-11-10-19(4)23(20,21)18-9-8-15(2)16(3)13-18/h5-9,12-13H,10-11H2,1-4H3. The number of hydrogen-bond donors (Lipinski definition) is 0. The molecule has 0 heterocycles. The normalized spacial score (nSPS) is 11.7. The van der Waals surface area contributed by atoms with Crippen LogP contribution in [0.5, 0.6) is 5.75 Å². The summed E-state index contributed by atoms with van der Waals surface area (Å²) in [4.78, 5) is 0.318. The highest BCUT2D eigenvalue weighted by atomic mass is 32.2. The van der Waals surface area contributed by atoms with Gasteiger partial charge < -0.3 is 4.74 Å². The Balaban J connectivity index is 2.01. The lowest BCUT2D eigenvalue weighted by atomic mass is 10.1. The molecule has 5 heteroatoms. The Hall–Kier alpha value is -1.85. The molecule has 0 saturated carbocycles. The third kappa shape index (κ3) is 4.33. The van der Waals surface area contributed by atoms with Gasteiger partial charge >= 0.3 is 0 Å². The van der Waals surface area contributed by atoms with Crippen LogP contribution < -0.4 is 4.74 Å². The van der Waals surface area contributed by atoms with Crippen LogP contribution in [0.15, 0.2) is 47.4 Å². The number of aryl methyl sites for hydroxylation is 3. The fraction of sp³-hybridized carbons (Fsp3) is 0.333. The molecule has 0 radical (unpaired) electrons. The first-order valence-electron chi connectivity index (χ1n) is 7.54. The molecule has 23 heavy (non-hydrogen) atoms. The molecule has 0 aliphatic heterocycles. The van der Waals surface area contributed by atoms with E-state index in [1.54, 1.807) is 19.2 Å². The van der Waals surface area contributed by atoms with Gasteiger partial charge in [-0.1, -0.05) is 18.2 Å². The number of hydrogen-bond acceptors (Lipinski definition) is 3. The maximum absolute atomic E-state index is 12.6. The van der Waals surface area contributed by atoms with Gasteiger partial charge in [-0.15, -0.1) is 0 Å². The summed E-state index contributed by atoms with van der Waals surface area (Å²) in [5, 5.41) is 0. The number of rotatable bonds is 6. The summed E-state index contributed by atoms with van der Waals surface area (Å²) < 4.78 is 32.1. The van der Waals surface area contributed by atoms with Crippen molar-refractivity contribution >= 4 is 10.0 Å². The van der Waals surface area contributed by atoms with Gasteiger partial charge in [0.05, 0.1) is 4.90 Å². The summed E-state index contributed by atoms with van der Waals surface area (Å²) in [6, 6.07) is 12.9. The monoisotopic (exact) mass is 333 g/mol. The van der Waals surface area contributed by atoms with Gasteiger partial charge in [0, 0.05) is 13.6 Å². The van der Waals surface area contributed by atoms with E-state index in [1.165, 1.54) is 4.31 Å². The molecule has 2 rings (SSSR count). The molecule has 0 N–H and O–H groups in total. The van der Waals surface area contributed by atoms with Crippen LogP contribution in [-0.2, 0) is 10.0 Å². The van der Waals surface area contributed by atoms with E-state index in [1.807, 2.05) is 51.1 Å². The molecule has 0 bridgehead atoms. The lowest BCUT2D eigenvalue weighted by molar-refractivity contribution is 0.286. The molecular formula is C18H23NO3S. The first kappa shape index (κ1) is 17.5. The maximum Gasteiger partial charge on any atom is 0.242 e. The Labute approximate surface area is 138 Å². The molecule has 2 aromatic carbocycles. The molecule has 0 atom stereocenters. The Morgan fingerprint density at radius 2 is 1.74 bits per heavy atom. The van der Waals surface area contributed by atoms with E-state index in [-0.39, 0.29) is 0 Å². The lowest BCUT2D eigenvalue weighted by Gasteiger charge is -2.18. The fourth-order valence-electron chi connectivity index (χ4n) is 2.17. The van der Waals surface area contributed by atoms with Crippen LogP contribution in [0.3, 0.4) is 0 Å². The highest BCUT2D eigenvalue weighted by molar-refractivity contribution is 7.89. The second-order valence-corrected chi connectivity index (χ2v) is 7.78. The molecule has 0 saturated heterocycles. The van der Waals surface area contributed by atoms with Crippen molar-refractivity contribution in [2.24, 2.45) is 0 Å². The second kappa shape index (κ2) is 7.15. The van der Waals surface area contributed by atoms with E-state index < -0.39 is 10.0 Å². The average Bonchev–Trinajstić information content (AvgIpc) is 2.49. The third-order valence-corrected chi connectivity index (χ3v) is 5.70. The van der Waals surface area contributed by atoms with Gasteiger partial charge in [-0.3, -0.25) is 0 Å². The molecule has 0 spiro atoms. The molecule has 0 amide bonds. The highest BCUT2D eigenvalue weighted by Crippen LogP contribution is 2.18. The largest absolute Gasteiger partial charge is 0.492 e. The minimum absolute atomic E-state index is 0.295. The Kier molecular flexibility index (Phi) is 5.44. The predicted octanol–water partition coefficient (Wildman–Crippen LogP) is 3.31. The van der Waals surface area contributed by atoms with Gasteiger partial charge in [-0.2, -0.15) is 4.31 Å². The van der Waals surface area contributed by atoms with Crippen LogP contribution >= 0.6 is 0 Å². The van der Waals surface area contributed by atoms with E-state index in [9.17, 15) is 8.42 Å². The van der Waals surface area contributed by atoms with Gasteiger partial charge in [0.15, 0.2) is 0 Å². The smallest absolute Gasteiger partial charge is 0.242 e. The molecule has 0 fully saturated rings. The number of likely N-dealkylation sites (N-methyl/N-ethyl adjacent to an activating group) is 1. The van der Waals surface area contributed by atoms with E-state index >= 15 is 0 Å². The summed E-state index contributed by atoms with van der Waals surface area (Å²) >= 11 is 0. The average molecular weight is 333 g/mol. The molecule has 2 aromatic rings. The van der Waals surface area contributed by atoms with Gasteiger partial charge in [-0.05, 0) is 61.7 Å². The molecule has 4 nitrogen and oxygen atoms in total. The zero-order valence-corrected chi connectivity index (χ0v) is 14.9. The number of ether oxygens (including phenoxy) is 1. The maximum atomic E-state index is 12.6. The lowest BCUT2D eigenvalue weighted by Crippen LogP contribution is -2.31. The summed E-state index contributed by atoms with van der Waals surface area (Å²) in [5.41, 5.74) is 3.16. The summed E-state index contributed by atoms with van der Waals surface area (Å²) in [6.45, 7) is 6.47. The summed E-state index contributed by atoms with van der Waals surface area (Å²) in [5.74, 6) is 0.752. The van der Waals surface area contributed by atoms with E-state index in [0.29, 0.717) is 18.0 Å². The second-order valence-electron chi connectivity index (χ2n) is 5.74. The van der Waals surface area contributed by atoms with E-state index in [0.717, 1.165) is 22.4 Å². The van der Waals surface area contributed by atoms with Gasteiger partial charge in [-0.25, -0.2) is 8.42 Å². The van der Waals surface area contributed by atoms with Crippen LogP contribution in [0.1, 0.15) is 16.7 Å². The van der Waals surface area contributed by atoms with Gasteiger partial charge in [0.2, 0.25) is 10.0 Å². The van der Waals surface area contributed by atoms with Crippen molar-refractivity contribution in [3.05, 3.63) is 59.2 Å². The Bertz CT molecular complexity index is 785. The first-order chi connectivity index (χ1) is 10.8. The van der Waals surface area contributed by atoms with Gasteiger partial charge in [0.1, 0.15) is 12.4 Å². The Morgan fingerprint density at radius 1 is 1.00 bits per heavy atom. The van der Waals surface area contributed by atoms with Crippen molar-refractivity contribution in [2.75, 3.05) is 20.2 Å². The molecule has 124 valence electrons. The number of sulfonamides is 1. The SMILES string of the molecule is Cc1cccc(OCCN(C)S(=O)(=O)c2ccc(C)c(C)c2)c1. The van der Waals surface area contributed by atoms with E-state index in [4.69, 9.17) is 4.74 Å². The van der Waals surface area contributed by atoms with Crippen molar-refractivity contribution < 1.29 is 13.2 Å². The van der Waals surface area contributed by atoms with Crippen LogP contribution in [0.25, 0.3) is 0 Å². The topological polar surface area (TPSA) is 46.6 Å². The van der Waals surface area contributed by atoms with Crippen LogP contribution in [0, 0.1) is 20.8 Å². The number of benzene rings is 2. The minimum Gasteiger partial charge on any atom is -0.492 e. The molecular weight excluding hydrogens is 310 g/mol. The quantitative estimate of drug-likeness (QED) is 0.815. The molecule has 0 aliphatic rings. The molecule has 0 aromatic heterocycles. The highest BCUT2D eigenvalue weighted by Gasteiger charge is 2.20. The zero-order valence-electron chi connectivity index (χ0n) is 14.0. The first-order valence-corrected chi connectivity index (χ1v) is 8.98. The van der Waals surface area contributed by atoms with Crippen molar-refractivity contribution in [1.82, 2.24) is 4.31 Å². The van der Waals surface area contributed by atoms with Crippen LogP contribution in [-0.4, -0.2) is 32.9 Å². The van der Waals surface area contributed by atoms with E-state index in [2.05, 4.69) is 0 Å². The van der Waals surface area contributed by atoms with Gasteiger partial charge in [0.25, 0.3) is 0 Å². The Morgan fingerprint density at radius 3 is 2.39 bits per heavy atom. The van der Waals surface area contributed by atoms with Crippen LogP contribution in [0.2, 0.25) is 0 Å². The van der Waals surface area contributed by atoms with Crippen molar-refractivity contribution in [1.29, 1.82) is 0 Å². The number of nitrogens with zero attached hydrogens (tertiary/aromatic N) is 1. The summed E-state index contributed by atoms with van der Waals surface area (Å²) in [6.07, 6.45) is 0. The minimum atomic E-state index is -3.49. The summed E-state index contributed by atoms with van der Waals surface area (Å²) in [7, 11) is -1.91. The fourth-order valence-corrected chi connectivity index (χ4v) is 3.41. The van der Waals surface area contributed by atoms with Crippen molar-refractivity contribution in [2.45, 2.75) is 25.7 Å². The predicted molar refractivity (Wildman–Crippen MR) is 92.4 cm³/mol.